The number of anilines is 1. The summed E-state index contributed by atoms with van der Waals surface area (Å²) in [6.07, 6.45) is 4.37. The lowest BCUT2D eigenvalue weighted by Gasteiger charge is -2.26. The average Bonchev–Trinajstić information content (AvgIpc) is 2.32. The van der Waals surface area contributed by atoms with Crippen LogP contribution < -0.4 is 4.90 Å². The van der Waals surface area contributed by atoms with Crippen LogP contribution >= 0.6 is 0 Å². The van der Waals surface area contributed by atoms with Gasteiger partial charge in [-0.1, -0.05) is 0 Å². The van der Waals surface area contributed by atoms with Crippen molar-refractivity contribution in [1.82, 2.24) is 4.98 Å². The highest BCUT2D eigenvalue weighted by atomic mass is 16.1. The second kappa shape index (κ2) is 4.64. The fourth-order valence-electron chi connectivity index (χ4n) is 2.37. The van der Waals surface area contributed by atoms with Gasteiger partial charge in [-0.3, -0.25) is 9.78 Å². The molecule has 0 unspecified atom stereocenters. The predicted octanol–water partition coefficient (Wildman–Crippen LogP) is 2.45. The van der Waals surface area contributed by atoms with Gasteiger partial charge in [0, 0.05) is 37.0 Å². The molecule has 1 aromatic heterocycles. The largest absolute Gasteiger partial charge is 0.372 e. The first-order valence-electron chi connectivity index (χ1n) is 6.04. The van der Waals surface area contributed by atoms with Crippen LogP contribution in [-0.2, 0) is 6.42 Å². The zero-order valence-corrected chi connectivity index (χ0v) is 9.99. The van der Waals surface area contributed by atoms with Gasteiger partial charge < -0.3 is 4.90 Å². The van der Waals surface area contributed by atoms with Gasteiger partial charge in [0.15, 0.2) is 5.78 Å². The first-order valence-corrected chi connectivity index (χ1v) is 6.04. The van der Waals surface area contributed by atoms with Crippen molar-refractivity contribution in [2.75, 3.05) is 18.0 Å². The first kappa shape index (κ1) is 11.1. The summed E-state index contributed by atoms with van der Waals surface area (Å²) in [6, 6.07) is 2.03. The highest BCUT2D eigenvalue weighted by Gasteiger charge is 2.22. The Morgan fingerprint density at radius 1 is 1.31 bits per heavy atom. The molecule has 2 rings (SSSR count). The summed E-state index contributed by atoms with van der Waals surface area (Å²) in [6.45, 7) is 6.23. The second-order valence-corrected chi connectivity index (χ2v) is 4.11. The Kier molecular flexibility index (Phi) is 3.22. The number of ketones is 1. The van der Waals surface area contributed by atoms with Crippen LogP contribution in [0.25, 0.3) is 0 Å². The number of fused-ring (bicyclic) bond motifs is 1. The first-order chi connectivity index (χ1) is 7.77. The highest BCUT2D eigenvalue weighted by Crippen LogP contribution is 2.28. The quantitative estimate of drug-likeness (QED) is 0.781. The molecule has 1 aromatic rings. The Morgan fingerprint density at radius 3 is 2.75 bits per heavy atom. The van der Waals surface area contributed by atoms with Crippen molar-refractivity contribution in [3.05, 3.63) is 23.5 Å². The molecule has 0 fully saturated rings. The lowest BCUT2D eigenvalue weighted by Crippen LogP contribution is -2.25. The van der Waals surface area contributed by atoms with E-state index in [2.05, 4.69) is 23.7 Å². The predicted molar refractivity (Wildman–Crippen MR) is 65.1 cm³/mol. The molecule has 0 atom stereocenters. The maximum absolute atomic E-state index is 11.8. The molecule has 0 amide bonds. The number of carbonyl (C=O) groups excluding carboxylic acids is 1. The number of nitrogens with zero attached hydrogens (tertiary/aromatic N) is 2. The van der Waals surface area contributed by atoms with Crippen molar-refractivity contribution in [1.29, 1.82) is 0 Å². The molecule has 1 aliphatic rings. The van der Waals surface area contributed by atoms with Gasteiger partial charge in [0.25, 0.3) is 0 Å². The zero-order chi connectivity index (χ0) is 11.5. The Labute approximate surface area is 96.5 Å². The van der Waals surface area contributed by atoms with E-state index in [4.69, 9.17) is 0 Å². The van der Waals surface area contributed by atoms with Crippen LogP contribution in [0.5, 0.6) is 0 Å². The van der Waals surface area contributed by atoms with Gasteiger partial charge in [0.05, 0.1) is 0 Å². The summed E-state index contributed by atoms with van der Waals surface area (Å²) in [5.74, 6) is 0.204. The van der Waals surface area contributed by atoms with Crippen LogP contribution in [0.15, 0.2) is 12.3 Å². The molecule has 0 spiro atoms. The Morgan fingerprint density at radius 2 is 2.06 bits per heavy atom. The fraction of sp³-hybridized carbons (Fsp3) is 0.538. The Hall–Kier alpha value is -1.38. The molecule has 0 aromatic carbocycles. The average molecular weight is 218 g/mol. The fourth-order valence-corrected chi connectivity index (χ4v) is 2.37. The van der Waals surface area contributed by atoms with E-state index in [1.54, 1.807) is 6.20 Å². The second-order valence-electron chi connectivity index (χ2n) is 4.11. The topological polar surface area (TPSA) is 33.2 Å². The van der Waals surface area contributed by atoms with Crippen LogP contribution in [0.1, 0.15) is 42.7 Å². The van der Waals surface area contributed by atoms with Crippen LogP contribution in [0.4, 0.5) is 5.69 Å². The summed E-state index contributed by atoms with van der Waals surface area (Å²) in [5.41, 5.74) is 3.06. The lowest BCUT2D eigenvalue weighted by atomic mass is 9.93. The summed E-state index contributed by atoms with van der Waals surface area (Å²) in [7, 11) is 0. The van der Waals surface area contributed by atoms with Crippen molar-refractivity contribution in [3.8, 4) is 0 Å². The third kappa shape index (κ3) is 1.82. The van der Waals surface area contributed by atoms with Crippen molar-refractivity contribution >= 4 is 11.5 Å². The maximum Gasteiger partial charge on any atom is 0.181 e. The van der Waals surface area contributed by atoms with E-state index in [0.29, 0.717) is 12.1 Å². The molecule has 86 valence electrons. The number of Topliss-reactive ketones (excluding diaryl/α,β-unsaturated/α-hetero) is 1. The van der Waals surface area contributed by atoms with E-state index in [-0.39, 0.29) is 5.78 Å². The molecule has 1 aliphatic carbocycles. The van der Waals surface area contributed by atoms with Gasteiger partial charge in [0.2, 0.25) is 0 Å². The molecule has 0 radical (unpaired) electrons. The number of carbonyl (C=O) groups is 1. The summed E-state index contributed by atoms with van der Waals surface area (Å²) in [4.78, 5) is 18.3. The molecular formula is C13H18N2O. The summed E-state index contributed by atoms with van der Waals surface area (Å²) >= 11 is 0. The Bertz CT molecular complexity index is 397. The normalized spacial score (nSPS) is 14.8. The SMILES string of the molecule is CCN(CC)c1ccnc2c1CCCC2=O. The molecule has 0 bridgehead atoms. The van der Waals surface area contributed by atoms with Gasteiger partial charge in [-0.25, -0.2) is 0 Å². The number of pyridine rings is 1. The summed E-state index contributed by atoms with van der Waals surface area (Å²) < 4.78 is 0. The highest BCUT2D eigenvalue weighted by molar-refractivity contribution is 5.98. The van der Waals surface area contributed by atoms with Crippen LogP contribution in [0.2, 0.25) is 0 Å². The lowest BCUT2D eigenvalue weighted by molar-refractivity contribution is 0.0967. The van der Waals surface area contributed by atoms with E-state index < -0.39 is 0 Å². The third-order valence-corrected chi connectivity index (χ3v) is 3.23. The molecular weight excluding hydrogens is 200 g/mol. The zero-order valence-electron chi connectivity index (χ0n) is 9.99. The van der Waals surface area contributed by atoms with Gasteiger partial charge in [-0.15, -0.1) is 0 Å². The van der Waals surface area contributed by atoms with Crippen LogP contribution in [-0.4, -0.2) is 23.9 Å². The van der Waals surface area contributed by atoms with Gasteiger partial charge >= 0.3 is 0 Å². The monoisotopic (exact) mass is 218 g/mol. The summed E-state index contributed by atoms with van der Waals surface area (Å²) in [5, 5.41) is 0. The van der Waals surface area contributed by atoms with E-state index >= 15 is 0 Å². The number of rotatable bonds is 3. The van der Waals surface area contributed by atoms with Crippen molar-refractivity contribution in [3.63, 3.8) is 0 Å². The number of aromatic nitrogens is 1. The van der Waals surface area contributed by atoms with E-state index in [9.17, 15) is 4.79 Å². The third-order valence-electron chi connectivity index (χ3n) is 3.23. The molecule has 3 heteroatoms. The van der Waals surface area contributed by atoms with Crippen LogP contribution in [0, 0.1) is 0 Å². The minimum absolute atomic E-state index is 0.204. The molecule has 0 N–H and O–H groups in total. The number of hydrogen-bond donors (Lipinski definition) is 0. The molecule has 1 heterocycles. The smallest absolute Gasteiger partial charge is 0.181 e. The van der Waals surface area contributed by atoms with Crippen molar-refractivity contribution in [2.24, 2.45) is 0 Å². The molecule has 16 heavy (non-hydrogen) atoms. The standard InChI is InChI=1S/C13H18N2O/c1-3-15(4-2)11-8-9-14-13-10(11)6-5-7-12(13)16/h8-9H,3-7H2,1-2H3. The maximum atomic E-state index is 11.8. The van der Waals surface area contributed by atoms with Gasteiger partial charge in [0.1, 0.15) is 5.69 Å². The molecule has 0 aliphatic heterocycles. The van der Waals surface area contributed by atoms with Crippen molar-refractivity contribution < 1.29 is 4.79 Å². The van der Waals surface area contributed by atoms with Crippen molar-refractivity contribution in [2.45, 2.75) is 33.1 Å². The van der Waals surface area contributed by atoms with Crippen LogP contribution in [0.3, 0.4) is 0 Å². The Balaban J connectivity index is 2.47. The molecule has 0 saturated heterocycles. The number of hydrogen-bond acceptors (Lipinski definition) is 3. The molecule has 3 nitrogen and oxygen atoms in total. The van der Waals surface area contributed by atoms with Gasteiger partial charge in [-0.2, -0.15) is 0 Å². The van der Waals surface area contributed by atoms with E-state index in [1.807, 2.05) is 6.07 Å². The van der Waals surface area contributed by atoms with E-state index in [0.717, 1.165) is 31.5 Å². The van der Waals surface area contributed by atoms with Gasteiger partial charge in [-0.05, 0) is 32.8 Å². The van der Waals surface area contributed by atoms with E-state index in [1.165, 1.54) is 5.69 Å². The minimum Gasteiger partial charge on any atom is -0.372 e. The minimum atomic E-state index is 0.204. The molecule has 0 saturated carbocycles.